The number of hydrogen-bond acceptors (Lipinski definition) is 4. The summed E-state index contributed by atoms with van der Waals surface area (Å²) < 4.78 is 19.3. The third-order valence-electron chi connectivity index (χ3n) is 3.65. The van der Waals surface area contributed by atoms with Crippen LogP contribution in [0.25, 0.3) is 11.3 Å². The van der Waals surface area contributed by atoms with Crippen LogP contribution in [0.15, 0.2) is 36.5 Å². The quantitative estimate of drug-likeness (QED) is 0.891. The molecule has 0 spiro atoms. The molecule has 24 heavy (non-hydrogen) atoms. The Kier molecular flexibility index (Phi) is 4.03. The monoisotopic (exact) mass is 332 g/mol. The van der Waals surface area contributed by atoms with Gasteiger partial charge in [-0.1, -0.05) is 6.07 Å². The maximum absolute atomic E-state index is 13.7. The number of rotatable bonds is 4. The van der Waals surface area contributed by atoms with Gasteiger partial charge in [-0.05, 0) is 24.3 Å². The van der Waals surface area contributed by atoms with E-state index in [0.29, 0.717) is 30.1 Å². The van der Waals surface area contributed by atoms with E-state index in [2.05, 4.69) is 4.98 Å². The molecule has 7 nitrogen and oxygen atoms in total. The van der Waals surface area contributed by atoms with Crippen LogP contribution >= 0.6 is 0 Å². The van der Waals surface area contributed by atoms with Crippen molar-refractivity contribution in [2.75, 3.05) is 13.1 Å². The maximum atomic E-state index is 13.7. The highest BCUT2D eigenvalue weighted by Crippen LogP contribution is 2.23. The van der Waals surface area contributed by atoms with Crippen LogP contribution in [-0.2, 0) is 0 Å². The fourth-order valence-electron chi connectivity index (χ4n) is 2.33. The second-order valence-electron chi connectivity index (χ2n) is 5.31. The molecule has 1 aromatic heterocycles. The predicted octanol–water partition coefficient (Wildman–Crippen LogP) is 2.33. The Bertz CT molecular complexity index is 788. The van der Waals surface area contributed by atoms with Crippen molar-refractivity contribution in [3.05, 3.63) is 47.9 Å². The van der Waals surface area contributed by atoms with Gasteiger partial charge in [0.05, 0.1) is 30.5 Å². The first kappa shape index (κ1) is 15.7. The number of nitrogens with zero attached hydrogens (tertiary/aromatic N) is 2. The molecule has 1 amide bonds. The summed E-state index contributed by atoms with van der Waals surface area (Å²) in [6.45, 7) is 0.609. The number of carboxylic acid groups (broad SMARTS) is 2. The molecule has 0 unspecified atom stereocenters. The number of ether oxygens (including phenoxy) is 1. The molecule has 0 saturated carbocycles. The molecule has 0 aliphatic carbocycles. The van der Waals surface area contributed by atoms with E-state index in [4.69, 9.17) is 14.9 Å². The molecule has 2 heterocycles. The predicted molar refractivity (Wildman–Crippen MR) is 80.6 cm³/mol. The van der Waals surface area contributed by atoms with Crippen molar-refractivity contribution < 1.29 is 28.9 Å². The number of carboxylic acids is 1. The normalized spacial score (nSPS) is 14.1. The van der Waals surface area contributed by atoms with E-state index >= 15 is 0 Å². The molecule has 0 atom stereocenters. The molecule has 1 aliphatic heterocycles. The minimum absolute atomic E-state index is 0.207. The Morgan fingerprint density at radius 2 is 1.96 bits per heavy atom. The lowest BCUT2D eigenvalue weighted by molar-refractivity contribution is 0.0250. The Balaban J connectivity index is 1.68. The van der Waals surface area contributed by atoms with Gasteiger partial charge in [-0.2, -0.15) is 0 Å². The number of benzene rings is 1. The first-order valence-corrected chi connectivity index (χ1v) is 7.08. The number of halogens is 1. The Morgan fingerprint density at radius 3 is 2.50 bits per heavy atom. The molecule has 8 heteroatoms. The third-order valence-corrected chi connectivity index (χ3v) is 3.65. The zero-order valence-electron chi connectivity index (χ0n) is 12.3. The Hall–Kier alpha value is -3.16. The van der Waals surface area contributed by atoms with Gasteiger partial charge in [-0.3, -0.25) is 4.98 Å². The van der Waals surface area contributed by atoms with Crippen LogP contribution in [0.3, 0.4) is 0 Å². The average Bonchev–Trinajstić information content (AvgIpc) is 2.50. The van der Waals surface area contributed by atoms with E-state index in [0.717, 1.165) is 6.07 Å². The largest absolute Gasteiger partial charge is 0.485 e. The summed E-state index contributed by atoms with van der Waals surface area (Å²) in [6.07, 6.45) is 0.276. The molecule has 1 aromatic carbocycles. The SMILES string of the molecule is O=C(O)c1ccc(-c2ccc(OC3CN(C(=O)O)C3)cn2)cc1F. The molecule has 124 valence electrons. The van der Waals surface area contributed by atoms with Gasteiger partial charge in [0.25, 0.3) is 0 Å². The van der Waals surface area contributed by atoms with Gasteiger partial charge >= 0.3 is 12.1 Å². The van der Waals surface area contributed by atoms with Gasteiger partial charge in [0, 0.05) is 5.56 Å². The van der Waals surface area contributed by atoms with Crippen molar-refractivity contribution in [3.8, 4) is 17.0 Å². The third kappa shape index (κ3) is 3.12. The Labute approximate surface area is 135 Å². The smallest absolute Gasteiger partial charge is 0.407 e. The molecule has 0 radical (unpaired) electrons. The number of hydrogen-bond donors (Lipinski definition) is 2. The Morgan fingerprint density at radius 1 is 1.21 bits per heavy atom. The van der Waals surface area contributed by atoms with Gasteiger partial charge in [0.15, 0.2) is 0 Å². The first-order valence-electron chi connectivity index (χ1n) is 7.08. The molecule has 3 rings (SSSR count). The van der Waals surface area contributed by atoms with E-state index in [1.54, 1.807) is 12.1 Å². The lowest BCUT2D eigenvalue weighted by Gasteiger charge is -2.36. The molecule has 1 aliphatic rings. The van der Waals surface area contributed by atoms with E-state index < -0.39 is 23.4 Å². The highest BCUT2D eigenvalue weighted by Gasteiger charge is 2.32. The summed E-state index contributed by atoms with van der Waals surface area (Å²) >= 11 is 0. The van der Waals surface area contributed by atoms with Gasteiger partial charge in [-0.25, -0.2) is 14.0 Å². The highest BCUT2D eigenvalue weighted by atomic mass is 19.1. The standard InChI is InChI=1S/C16H13FN2O5/c17-13-5-9(1-3-12(13)15(20)21)14-4-2-10(6-18-14)24-11-7-19(8-11)16(22)23/h1-6,11H,7-8H2,(H,20,21)(H,22,23). The van der Waals surface area contributed by atoms with Crippen molar-refractivity contribution in [1.29, 1.82) is 0 Å². The van der Waals surface area contributed by atoms with E-state index in [9.17, 15) is 14.0 Å². The summed E-state index contributed by atoms with van der Waals surface area (Å²) in [5.41, 5.74) is 0.523. The van der Waals surface area contributed by atoms with Crippen LogP contribution < -0.4 is 4.74 Å². The number of carbonyl (C=O) groups is 2. The van der Waals surface area contributed by atoms with Crippen LogP contribution in [0.4, 0.5) is 9.18 Å². The summed E-state index contributed by atoms with van der Waals surface area (Å²) in [5.74, 6) is -1.67. The van der Waals surface area contributed by atoms with Gasteiger partial charge in [0.2, 0.25) is 0 Å². The van der Waals surface area contributed by atoms with Crippen molar-refractivity contribution in [3.63, 3.8) is 0 Å². The summed E-state index contributed by atoms with van der Waals surface area (Å²) in [7, 11) is 0. The van der Waals surface area contributed by atoms with Crippen molar-refractivity contribution in [1.82, 2.24) is 9.88 Å². The fourth-order valence-corrected chi connectivity index (χ4v) is 2.33. The van der Waals surface area contributed by atoms with Crippen LogP contribution in [0.5, 0.6) is 5.75 Å². The molecule has 1 saturated heterocycles. The second kappa shape index (κ2) is 6.15. The van der Waals surface area contributed by atoms with Crippen LogP contribution in [0, 0.1) is 5.82 Å². The number of pyridine rings is 1. The minimum atomic E-state index is -1.33. The van der Waals surface area contributed by atoms with E-state index in [-0.39, 0.29) is 6.10 Å². The zero-order chi connectivity index (χ0) is 17.3. The summed E-state index contributed by atoms with van der Waals surface area (Å²) in [4.78, 5) is 26.9. The van der Waals surface area contributed by atoms with E-state index in [1.807, 2.05) is 0 Å². The van der Waals surface area contributed by atoms with Crippen molar-refractivity contribution in [2.24, 2.45) is 0 Å². The van der Waals surface area contributed by atoms with Crippen molar-refractivity contribution >= 4 is 12.1 Å². The lowest BCUT2D eigenvalue weighted by atomic mass is 10.1. The topological polar surface area (TPSA) is 100.0 Å². The maximum Gasteiger partial charge on any atom is 0.407 e. The molecule has 2 N–H and O–H groups in total. The van der Waals surface area contributed by atoms with Gasteiger partial charge in [0.1, 0.15) is 17.7 Å². The first-order chi connectivity index (χ1) is 11.4. The van der Waals surface area contributed by atoms with Crippen LogP contribution in [0.1, 0.15) is 10.4 Å². The molecule has 0 bridgehead atoms. The molecular weight excluding hydrogens is 319 g/mol. The second-order valence-corrected chi connectivity index (χ2v) is 5.31. The minimum Gasteiger partial charge on any atom is -0.485 e. The number of aromatic nitrogens is 1. The van der Waals surface area contributed by atoms with Crippen molar-refractivity contribution in [2.45, 2.75) is 6.10 Å². The zero-order valence-corrected chi connectivity index (χ0v) is 12.3. The highest BCUT2D eigenvalue weighted by molar-refractivity contribution is 5.88. The number of likely N-dealkylation sites (tertiary alicyclic amines) is 1. The lowest BCUT2D eigenvalue weighted by Crippen LogP contribution is -2.55. The fraction of sp³-hybridized carbons (Fsp3) is 0.188. The summed E-state index contributed by atoms with van der Waals surface area (Å²) in [6, 6.07) is 7.05. The van der Waals surface area contributed by atoms with Crippen LogP contribution in [0.2, 0.25) is 0 Å². The van der Waals surface area contributed by atoms with Gasteiger partial charge < -0.3 is 19.8 Å². The number of aromatic carboxylic acids is 1. The van der Waals surface area contributed by atoms with Crippen LogP contribution in [-0.4, -0.2) is 51.4 Å². The number of amides is 1. The summed E-state index contributed by atoms with van der Waals surface area (Å²) in [5, 5.41) is 17.6. The molecule has 2 aromatic rings. The molecule has 1 fully saturated rings. The molecular formula is C16H13FN2O5. The van der Waals surface area contributed by atoms with Gasteiger partial charge in [-0.15, -0.1) is 0 Å². The van der Waals surface area contributed by atoms with E-state index in [1.165, 1.54) is 23.2 Å². The average molecular weight is 332 g/mol.